The highest BCUT2D eigenvalue weighted by atomic mass is 16.5. The van der Waals surface area contributed by atoms with E-state index < -0.39 is 0 Å². The molecule has 1 atom stereocenters. The summed E-state index contributed by atoms with van der Waals surface area (Å²) in [6, 6.07) is 7.87. The summed E-state index contributed by atoms with van der Waals surface area (Å²) in [7, 11) is 0. The molecule has 0 fully saturated rings. The minimum atomic E-state index is -0.291. The van der Waals surface area contributed by atoms with Crippen molar-refractivity contribution >= 4 is 11.5 Å². The molecule has 0 aliphatic carbocycles. The summed E-state index contributed by atoms with van der Waals surface area (Å²) < 4.78 is 10.8. The number of hydrogen-bond acceptors (Lipinski definition) is 3. The molecule has 21 heavy (non-hydrogen) atoms. The van der Waals surface area contributed by atoms with Crippen LogP contribution < -0.4 is 4.74 Å². The third-order valence-corrected chi connectivity index (χ3v) is 3.28. The Bertz CT molecular complexity index is 472. The minimum Gasteiger partial charge on any atom is -0.491 e. The maximum Gasteiger partial charge on any atom is 0.331 e. The van der Waals surface area contributed by atoms with Crippen molar-refractivity contribution in [2.45, 2.75) is 47.1 Å². The molecule has 0 N–H and O–H groups in total. The Balaban J connectivity index is 2.92. The lowest BCUT2D eigenvalue weighted by Crippen LogP contribution is -2.09. The summed E-state index contributed by atoms with van der Waals surface area (Å²) in [5.41, 5.74) is 2.00. The largest absolute Gasteiger partial charge is 0.491 e. The highest BCUT2D eigenvalue weighted by molar-refractivity contribution is 5.91. The molecule has 0 aromatic heterocycles. The van der Waals surface area contributed by atoms with Crippen molar-refractivity contribution in [1.82, 2.24) is 0 Å². The summed E-state index contributed by atoms with van der Waals surface area (Å²) in [6.45, 7) is 10.5. The van der Waals surface area contributed by atoms with Crippen LogP contribution in [-0.4, -0.2) is 18.7 Å². The van der Waals surface area contributed by atoms with Gasteiger partial charge in [-0.15, -0.1) is 0 Å². The molecule has 0 aliphatic rings. The Morgan fingerprint density at radius 2 is 1.76 bits per heavy atom. The third kappa shape index (κ3) is 5.62. The maximum atomic E-state index is 11.7. The molecule has 1 unspecified atom stereocenters. The Kier molecular flexibility index (Phi) is 7.00. The van der Waals surface area contributed by atoms with Crippen LogP contribution in [0.2, 0.25) is 0 Å². The van der Waals surface area contributed by atoms with E-state index in [4.69, 9.17) is 9.47 Å². The molecule has 0 aliphatic heterocycles. The molecular formula is C18H26O3. The van der Waals surface area contributed by atoms with Gasteiger partial charge in [0.1, 0.15) is 5.75 Å². The number of benzene rings is 1. The van der Waals surface area contributed by atoms with Crippen molar-refractivity contribution in [3.05, 3.63) is 35.9 Å². The molecule has 0 bridgehead atoms. The lowest BCUT2D eigenvalue weighted by Gasteiger charge is -2.15. The molecule has 116 valence electrons. The molecule has 0 saturated carbocycles. The number of allylic oxidation sites excluding steroid dienone is 1. The van der Waals surface area contributed by atoms with Gasteiger partial charge >= 0.3 is 5.97 Å². The molecule has 0 spiro atoms. The molecule has 0 heterocycles. The van der Waals surface area contributed by atoms with Gasteiger partial charge in [0.05, 0.1) is 12.7 Å². The van der Waals surface area contributed by atoms with Crippen LogP contribution in [0, 0.1) is 5.92 Å². The van der Waals surface area contributed by atoms with Gasteiger partial charge in [0, 0.05) is 6.08 Å². The van der Waals surface area contributed by atoms with E-state index in [2.05, 4.69) is 20.8 Å². The first kappa shape index (κ1) is 17.3. The summed E-state index contributed by atoms with van der Waals surface area (Å²) in [6.07, 6.45) is 2.76. The lowest BCUT2D eigenvalue weighted by atomic mass is 9.95. The minimum absolute atomic E-state index is 0.204. The number of carbonyl (C=O) groups excluding carboxylic acids is 1. The van der Waals surface area contributed by atoms with Crippen LogP contribution in [0.25, 0.3) is 5.57 Å². The zero-order valence-corrected chi connectivity index (χ0v) is 13.7. The number of rotatable bonds is 7. The predicted octanol–water partition coefficient (Wildman–Crippen LogP) is 4.47. The van der Waals surface area contributed by atoms with Crippen LogP contribution in [0.5, 0.6) is 5.75 Å². The average Bonchev–Trinajstić information content (AvgIpc) is 2.45. The molecule has 0 amide bonds. The Morgan fingerprint density at radius 3 is 2.24 bits per heavy atom. The zero-order valence-electron chi connectivity index (χ0n) is 13.7. The molecule has 1 rings (SSSR count). The molecule has 1 aromatic rings. The van der Waals surface area contributed by atoms with Gasteiger partial charge in [-0.1, -0.05) is 32.9 Å². The van der Waals surface area contributed by atoms with Crippen molar-refractivity contribution in [1.29, 1.82) is 0 Å². The molecular weight excluding hydrogens is 264 g/mol. The van der Waals surface area contributed by atoms with Gasteiger partial charge in [-0.05, 0) is 49.5 Å². The van der Waals surface area contributed by atoms with Crippen molar-refractivity contribution in [2.24, 2.45) is 5.92 Å². The smallest absolute Gasteiger partial charge is 0.331 e. The molecule has 1 aromatic carbocycles. The Labute approximate surface area is 128 Å². The SMILES string of the molecule is CCOC(=O)C=C(c1ccc(OC(C)CC)cc1)C(C)C. The van der Waals surface area contributed by atoms with Crippen molar-refractivity contribution in [2.75, 3.05) is 6.61 Å². The van der Waals surface area contributed by atoms with E-state index in [1.54, 1.807) is 6.08 Å². The first-order valence-corrected chi connectivity index (χ1v) is 7.63. The number of hydrogen-bond donors (Lipinski definition) is 0. The summed E-state index contributed by atoms with van der Waals surface area (Å²) in [5, 5.41) is 0. The van der Waals surface area contributed by atoms with Crippen LogP contribution in [0.4, 0.5) is 0 Å². The van der Waals surface area contributed by atoms with E-state index in [1.807, 2.05) is 38.1 Å². The van der Waals surface area contributed by atoms with Gasteiger partial charge in [0.25, 0.3) is 0 Å². The number of ether oxygens (including phenoxy) is 2. The van der Waals surface area contributed by atoms with E-state index in [-0.39, 0.29) is 18.0 Å². The van der Waals surface area contributed by atoms with Crippen LogP contribution in [0.15, 0.2) is 30.3 Å². The van der Waals surface area contributed by atoms with Crippen molar-refractivity contribution in [3.8, 4) is 5.75 Å². The van der Waals surface area contributed by atoms with Gasteiger partial charge in [0.15, 0.2) is 0 Å². The van der Waals surface area contributed by atoms with Gasteiger partial charge < -0.3 is 9.47 Å². The quantitative estimate of drug-likeness (QED) is 0.549. The second-order valence-corrected chi connectivity index (χ2v) is 5.37. The van der Waals surface area contributed by atoms with Crippen molar-refractivity contribution < 1.29 is 14.3 Å². The van der Waals surface area contributed by atoms with E-state index in [9.17, 15) is 4.79 Å². The van der Waals surface area contributed by atoms with Gasteiger partial charge in [-0.3, -0.25) is 0 Å². The highest BCUT2D eigenvalue weighted by Gasteiger charge is 2.10. The summed E-state index contributed by atoms with van der Waals surface area (Å²) in [4.78, 5) is 11.7. The number of carbonyl (C=O) groups is 1. The van der Waals surface area contributed by atoms with Crippen LogP contribution >= 0.6 is 0 Å². The first-order valence-electron chi connectivity index (χ1n) is 7.63. The molecule has 0 saturated heterocycles. The highest BCUT2D eigenvalue weighted by Crippen LogP contribution is 2.25. The first-order chi connectivity index (χ1) is 9.97. The monoisotopic (exact) mass is 290 g/mol. The average molecular weight is 290 g/mol. The van der Waals surface area contributed by atoms with Crippen LogP contribution in [0.3, 0.4) is 0 Å². The predicted molar refractivity (Wildman–Crippen MR) is 86.3 cm³/mol. The Morgan fingerprint density at radius 1 is 1.14 bits per heavy atom. The van der Waals surface area contributed by atoms with Gasteiger partial charge in [0.2, 0.25) is 0 Å². The van der Waals surface area contributed by atoms with E-state index >= 15 is 0 Å². The third-order valence-electron chi connectivity index (χ3n) is 3.28. The second kappa shape index (κ2) is 8.50. The topological polar surface area (TPSA) is 35.5 Å². The van der Waals surface area contributed by atoms with Crippen molar-refractivity contribution in [3.63, 3.8) is 0 Å². The summed E-state index contributed by atoms with van der Waals surface area (Å²) in [5.74, 6) is 0.809. The molecule has 0 radical (unpaired) electrons. The molecule has 3 heteroatoms. The van der Waals surface area contributed by atoms with E-state index in [1.165, 1.54) is 0 Å². The normalized spacial score (nSPS) is 13.1. The van der Waals surface area contributed by atoms with Crippen LogP contribution in [0.1, 0.15) is 46.6 Å². The number of esters is 1. The van der Waals surface area contributed by atoms with Gasteiger partial charge in [-0.2, -0.15) is 0 Å². The maximum absolute atomic E-state index is 11.7. The fraction of sp³-hybridized carbons (Fsp3) is 0.500. The fourth-order valence-electron chi connectivity index (χ4n) is 1.94. The lowest BCUT2D eigenvalue weighted by molar-refractivity contribution is -0.137. The fourth-order valence-corrected chi connectivity index (χ4v) is 1.94. The van der Waals surface area contributed by atoms with E-state index in [0.717, 1.165) is 23.3 Å². The van der Waals surface area contributed by atoms with E-state index in [0.29, 0.717) is 6.61 Å². The Hall–Kier alpha value is -1.77. The molecule has 3 nitrogen and oxygen atoms in total. The summed E-state index contributed by atoms with van der Waals surface area (Å²) >= 11 is 0. The zero-order chi connectivity index (χ0) is 15.8. The van der Waals surface area contributed by atoms with Gasteiger partial charge in [-0.25, -0.2) is 4.79 Å². The standard InChI is InChI=1S/C18H26O3/c1-6-14(5)21-16-10-8-15(9-11-16)17(13(3)4)12-18(19)20-7-2/h8-14H,6-7H2,1-5H3. The van der Waals surface area contributed by atoms with Crippen LogP contribution in [-0.2, 0) is 9.53 Å². The second-order valence-electron chi connectivity index (χ2n) is 5.37.